The van der Waals surface area contributed by atoms with Gasteiger partial charge in [-0.2, -0.15) is 13.2 Å². The number of hydrogen-bond donors (Lipinski definition) is 2. The van der Waals surface area contributed by atoms with Crippen LogP contribution in [0.3, 0.4) is 0 Å². The van der Waals surface area contributed by atoms with Crippen LogP contribution in [0.5, 0.6) is 0 Å². The number of carbonyl (C=O) groups excluding carboxylic acids is 1. The van der Waals surface area contributed by atoms with Gasteiger partial charge in [-0.05, 0) is 89.0 Å². The molecule has 48 heavy (non-hydrogen) atoms. The topological polar surface area (TPSA) is 108 Å². The Morgan fingerprint density at radius 1 is 1.12 bits per heavy atom. The number of rotatable bonds is 16. The van der Waals surface area contributed by atoms with Crippen LogP contribution in [-0.2, 0) is 32.0 Å². The van der Waals surface area contributed by atoms with Crippen molar-refractivity contribution >= 4 is 36.0 Å². The molecule has 8 nitrogen and oxygen atoms in total. The Bertz CT molecular complexity index is 1480. The van der Waals surface area contributed by atoms with Crippen LogP contribution in [0.2, 0.25) is 25.7 Å². The van der Waals surface area contributed by atoms with Gasteiger partial charge < -0.3 is 19.8 Å². The molecule has 4 rings (SSSR count). The summed E-state index contributed by atoms with van der Waals surface area (Å²) in [6.45, 7) is 13.8. The molecule has 0 aliphatic heterocycles. The number of benzene rings is 1. The van der Waals surface area contributed by atoms with Crippen molar-refractivity contribution in [2.75, 3.05) is 13.2 Å². The molecule has 2 fully saturated rings. The maximum atomic E-state index is 13.9. The average molecular weight is 723 g/mol. The third-order valence-corrected chi connectivity index (χ3v) is 12.6. The van der Waals surface area contributed by atoms with Gasteiger partial charge in [0.2, 0.25) is 11.8 Å². The van der Waals surface area contributed by atoms with E-state index >= 15 is 0 Å². The molecule has 2 aliphatic rings. The van der Waals surface area contributed by atoms with Crippen molar-refractivity contribution in [1.29, 1.82) is 0 Å². The molecule has 272 valence electrons. The lowest BCUT2D eigenvalue weighted by Gasteiger charge is -2.42. The second kappa shape index (κ2) is 14.0. The second-order valence-corrected chi connectivity index (χ2v) is 23.8. The van der Waals surface area contributed by atoms with Crippen LogP contribution in [0.15, 0.2) is 18.2 Å². The van der Waals surface area contributed by atoms with Crippen molar-refractivity contribution in [3.63, 3.8) is 0 Å². The van der Waals surface area contributed by atoms with Gasteiger partial charge in [0.25, 0.3) is 0 Å². The summed E-state index contributed by atoms with van der Waals surface area (Å²) in [4.78, 5) is 17.6. The number of nitrogens with two attached hydrogens (primary N) is 1. The standard InChI is InChI=1S/C33H51F5N4O4SSi/c1-30(2,3)47(44)41-24(18-46-31(4,5)33(36,37)38)29-40-23-15-21(11-12-25(23)42(29)19-45-13-14-48(6,7)8)26(20-9-10-20)27(28(39)43)22-16-32(34,35)17-22/h11-12,15,20,22,24,26-27,41H,9-10,13-14,16-19H2,1-8H3,(H2,39,43)/t24-,26-,27?,47+/m0/s1. The van der Waals surface area contributed by atoms with Gasteiger partial charge in [-0.25, -0.2) is 22.7 Å². The maximum Gasteiger partial charge on any atom is 0.416 e. The van der Waals surface area contributed by atoms with Gasteiger partial charge in [0, 0.05) is 33.4 Å². The van der Waals surface area contributed by atoms with Crippen molar-refractivity contribution in [3.05, 3.63) is 29.6 Å². The first-order chi connectivity index (χ1) is 21.9. The van der Waals surface area contributed by atoms with Gasteiger partial charge in [-0.3, -0.25) is 4.79 Å². The van der Waals surface area contributed by atoms with Crippen molar-refractivity contribution in [3.8, 4) is 0 Å². The SMILES string of the molecule is CC(C)(C)[S@@](=O)N[C@@H](COC(C)(C)C(F)(F)F)c1nc2cc([C@H](C3CC3)C(C(N)=O)C3CC(F)(F)C3)ccc2n1COCC[Si](C)(C)C. The number of alkyl halides is 5. The molecular formula is C33H51F5N4O4SSi. The first-order valence-electron chi connectivity index (χ1n) is 16.5. The number of imidazole rings is 1. The van der Waals surface area contributed by atoms with Gasteiger partial charge in [0.05, 0.1) is 33.4 Å². The van der Waals surface area contributed by atoms with Crippen molar-refractivity contribution in [2.24, 2.45) is 23.5 Å². The van der Waals surface area contributed by atoms with E-state index in [0.29, 0.717) is 17.6 Å². The smallest absolute Gasteiger partial charge is 0.369 e. The number of carbonyl (C=O) groups is 1. The summed E-state index contributed by atoms with van der Waals surface area (Å²) in [5.41, 5.74) is 5.20. The molecule has 2 saturated carbocycles. The molecule has 1 aromatic heterocycles. The van der Waals surface area contributed by atoms with E-state index in [-0.39, 0.29) is 37.2 Å². The Kier molecular flexibility index (Phi) is 11.3. The van der Waals surface area contributed by atoms with Crippen molar-refractivity contribution < 1.29 is 40.4 Å². The summed E-state index contributed by atoms with van der Waals surface area (Å²) >= 11 is 0. The molecule has 2 aromatic rings. The van der Waals surface area contributed by atoms with Gasteiger partial charge in [-0.1, -0.05) is 25.7 Å². The number of ether oxygens (including phenoxy) is 2. The zero-order valence-electron chi connectivity index (χ0n) is 29.2. The maximum absolute atomic E-state index is 13.9. The van der Waals surface area contributed by atoms with E-state index in [4.69, 9.17) is 20.2 Å². The highest BCUT2D eigenvalue weighted by Crippen LogP contribution is 2.55. The molecule has 1 heterocycles. The van der Waals surface area contributed by atoms with Gasteiger partial charge >= 0.3 is 6.18 Å². The lowest BCUT2D eigenvalue weighted by molar-refractivity contribution is -0.265. The average Bonchev–Trinajstić information content (AvgIpc) is 3.69. The fourth-order valence-electron chi connectivity index (χ4n) is 6.04. The number of primary amides is 1. The van der Waals surface area contributed by atoms with Crippen LogP contribution in [0.4, 0.5) is 22.0 Å². The molecule has 15 heteroatoms. The highest BCUT2D eigenvalue weighted by atomic mass is 32.2. The van der Waals surface area contributed by atoms with Crippen molar-refractivity contribution in [2.45, 2.75) is 127 Å². The van der Waals surface area contributed by atoms with Crippen LogP contribution < -0.4 is 10.5 Å². The highest BCUT2D eigenvalue weighted by molar-refractivity contribution is 7.84. The van der Waals surface area contributed by atoms with E-state index in [9.17, 15) is 31.0 Å². The monoisotopic (exact) mass is 722 g/mol. The fourth-order valence-corrected chi connectivity index (χ4v) is 7.58. The number of amides is 1. The molecule has 1 aromatic carbocycles. The Morgan fingerprint density at radius 2 is 1.75 bits per heavy atom. The minimum atomic E-state index is -4.66. The predicted molar refractivity (Wildman–Crippen MR) is 180 cm³/mol. The molecule has 1 amide bonds. The third kappa shape index (κ3) is 9.43. The molecule has 1 unspecified atom stereocenters. The van der Waals surface area contributed by atoms with Gasteiger partial charge in [0.15, 0.2) is 5.60 Å². The summed E-state index contributed by atoms with van der Waals surface area (Å²) in [7, 11) is -3.14. The Morgan fingerprint density at radius 3 is 2.25 bits per heavy atom. The van der Waals surface area contributed by atoms with E-state index in [0.717, 1.165) is 38.3 Å². The van der Waals surface area contributed by atoms with E-state index in [1.807, 2.05) is 18.2 Å². The number of fused-ring (bicyclic) bond motifs is 1. The van der Waals surface area contributed by atoms with Crippen molar-refractivity contribution in [1.82, 2.24) is 14.3 Å². The molecule has 3 N–H and O–H groups in total. The van der Waals surface area contributed by atoms with Gasteiger partial charge in [0.1, 0.15) is 18.6 Å². The largest absolute Gasteiger partial charge is 0.416 e. The Hall–Kier alpha value is -1.94. The summed E-state index contributed by atoms with van der Waals surface area (Å²) in [6, 6.07) is 5.32. The normalized spacial score (nSPS) is 20.4. The lowest BCUT2D eigenvalue weighted by Crippen LogP contribution is -2.46. The first-order valence-corrected chi connectivity index (χ1v) is 21.4. The number of halogens is 5. The van der Waals surface area contributed by atoms with Crippen LogP contribution >= 0.6 is 0 Å². The summed E-state index contributed by atoms with van der Waals surface area (Å²) in [5.74, 6) is -4.68. The molecule has 0 radical (unpaired) electrons. The van der Waals surface area contributed by atoms with Crippen LogP contribution in [0.1, 0.15) is 83.6 Å². The summed E-state index contributed by atoms with van der Waals surface area (Å²) in [6.07, 6.45) is -3.73. The number of nitrogens with one attached hydrogen (secondary N) is 1. The second-order valence-electron chi connectivity index (χ2n) is 16.2. The molecule has 4 atom stereocenters. The molecule has 0 spiro atoms. The van der Waals surface area contributed by atoms with Crippen LogP contribution in [0.25, 0.3) is 11.0 Å². The van der Waals surface area contributed by atoms with E-state index in [1.54, 1.807) is 25.3 Å². The number of nitrogens with zero attached hydrogens (tertiary/aromatic N) is 2. The minimum Gasteiger partial charge on any atom is -0.369 e. The Labute approximate surface area is 283 Å². The fraction of sp³-hybridized carbons (Fsp3) is 0.758. The lowest BCUT2D eigenvalue weighted by atomic mass is 9.65. The molecular weight excluding hydrogens is 672 g/mol. The predicted octanol–water partition coefficient (Wildman–Crippen LogP) is 7.44. The zero-order chi connectivity index (χ0) is 36.0. The van der Waals surface area contributed by atoms with Crippen LogP contribution in [-0.4, -0.2) is 63.4 Å². The molecule has 2 aliphatic carbocycles. The summed E-state index contributed by atoms with van der Waals surface area (Å²) in [5, 5.41) is 0. The van der Waals surface area contributed by atoms with E-state index in [1.165, 1.54) is 0 Å². The third-order valence-electron chi connectivity index (χ3n) is 9.29. The summed E-state index contributed by atoms with van der Waals surface area (Å²) < 4.78 is 98.1. The first kappa shape index (κ1) is 38.9. The molecule has 0 bridgehead atoms. The zero-order valence-corrected chi connectivity index (χ0v) is 31.0. The number of aromatic nitrogens is 2. The highest BCUT2D eigenvalue weighted by Gasteiger charge is 2.54. The minimum absolute atomic E-state index is 0.0335. The van der Waals surface area contributed by atoms with E-state index in [2.05, 4.69) is 24.4 Å². The van der Waals surface area contributed by atoms with E-state index < -0.39 is 71.9 Å². The Balaban J connectivity index is 1.78. The quantitative estimate of drug-likeness (QED) is 0.106. The molecule has 0 saturated heterocycles. The number of hydrogen-bond acceptors (Lipinski definition) is 5. The van der Waals surface area contributed by atoms with Crippen LogP contribution in [0, 0.1) is 17.8 Å². The van der Waals surface area contributed by atoms with Gasteiger partial charge in [-0.15, -0.1) is 0 Å².